The number of non-ortho nitro benzene ring substituents is 1. The lowest BCUT2D eigenvalue weighted by molar-refractivity contribution is -0.384. The Balaban J connectivity index is 2.01. The summed E-state index contributed by atoms with van der Waals surface area (Å²) in [5, 5.41) is 16.3. The van der Waals surface area contributed by atoms with Crippen molar-refractivity contribution in [2.75, 3.05) is 20.3 Å². The molecule has 33 heavy (non-hydrogen) atoms. The first-order valence-corrected chi connectivity index (χ1v) is 9.86. The van der Waals surface area contributed by atoms with Gasteiger partial charge in [-0.05, 0) is 30.7 Å². The highest BCUT2D eigenvalue weighted by Gasteiger charge is 2.34. The summed E-state index contributed by atoms with van der Waals surface area (Å²) in [4.78, 5) is 46.8. The molecule has 1 aliphatic heterocycles. The summed E-state index contributed by atoms with van der Waals surface area (Å²) in [6, 6.07) is 8.50. The van der Waals surface area contributed by atoms with E-state index in [2.05, 4.69) is 10.6 Å². The number of esters is 1. The topological polar surface area (TPSA) is 146 Å². The monoisotopic (exact) mass is 455 g/mol. The van der Waals surface area contributed by atoms with Crippen LogP contribution in [0.1, 0.15) is 28.9 Å². The molecule has 1 atom stereocenters. The molecular weight excluding hydrogens is 434 g/mol. The molecule has 0 bridgehead atoms. The third-order valence-electron chi connectivity index (χ3n) is 4.76. The molecule has 172 valence electrons. The average Bonchev–Trinajstić information content (AvgIpc) is 2.82. The van der Waals surface area contributed by atoms with Crippen molar-refractivity contribution in [3.63, 3.8) is 0 Å². The maximum absolute atomic E-state index is 12.8. The van der Waals surface area contributed by atoms with Gasteiger partial charge in [0, 0.05) is 17.7 Å². The molecule has 3 rings (SSSR count). The number of carbonyl (C=O) groups excluding carboxylic acids is 3. The van der Waals surface area contributed by atoms with Gasteiger partial charge in [-0.1, -0.05) is 12.1 Å². The Hall–Kier alpha value is -4.41. The highest BCUT2D eigenvalue weighted by atomic mass is 16.6. The number of ether oxygens (including phenoxy) is 3. The molecule has 0 saturated heterocycles. The zero-order valence-corrected chi connectivity index (χ0v) is 17.8. The van der Waals surface area contributed by atoms with Crippen LogP contribution < -0.4 is 20.1 Å². The molecule has 0 radical (unpaired) electrons. The lowest BCUT2D eigenvalue weighted by Gasteiger charge is -2.29. The standard InChI is InChI=1S/C22H21N3O8/c1-3-32-21(27)19-16(12-33-17-8-7-13(11-26)9-18(17)31-2)23-22(28)24-20(19)14-5-4-6-15(10-14)25(29)30/h4-11,20H,3,12H2,1-2H3,(H2,23,24,28). The van der Waals surface area contributed by atoms with Gasteiger partial charge < -0.3 is 24.8 Å². The lowest BCUT2D eigenvalue weighted by atomic mass is 9.95. The number of aldehydes is 1. The van der Waals surface area contributed by atoms with Crippen LogP contribution in [0.5, 0.6) is 11.5 Å². The van der Waals surface area contributed by atoms with Crippen LogP contribution in [0, 0.1) is 10.1 Å². The van der Waals surface area contributed by atoms with Crippen LogP contribution in [0.25, 0.3) is 0 Å². The molecule has 11 nitrogen and oxygen atoms in total. The second kappa shape index (κ2) is 10.3. The van der Waals surface area contributed by atoms with Crippen molar-refractivity contribution in [3.8, 4) is 11.5 Å². The van der Waals surface area contributed by atoms with Crippen molar-refractivity contribution in [2.24, 2.45) is 0 Å². The Labute approximate surface area is 188 Å². The number of benzene rings is 2. The smallest absolute Gasteiger partial charge is 0.338 e. The molecule has 2 aromatic rings. The molecule has 1 aliphatic rings. The number of rotatable bonds is 9. The molecule has 0 aliphatic carbocycles. The van der Waals surface area contributed by atoms with E-state index in [4.69, 9.17) is 14.2 Å². The summed E-state index contributed by atoms with van der Waals surface area (Å²) in [6.07, 6.45) is 0.657. The molecule has 0 fully saturated rings. The number of urea groups is 1. The highest BCUT2D eigenvalue weighted by molar-refractivity contribution is 5.95. The first-order chi connectivity index (χ1) is 15.9. The minimum absolute atomic E-state index is 0.0421. The van der Waals surface area contributed by atoms with Crippen LogP contribution in [0.3, 0.4) is 0 Å². The Bertz CT molecular complexity index is 1130. The van der Waals surface area contributed by atoms with E-state index in [1.165, 1.54) is 43.5 Å². The van der Waals surface area contributed by atoms with E-state index in [0.717, 1.165) is 0 Å². The number of methoxy groups -OCH3 is 1. The van der Waals surface area contributed by atoms with Gasteiger partial charge >= 0.3 is 12.0 Å². The van der Waals surface area contributed by atoms with Gasteiger partial charge in [0.05, 0.1) is 36.0 Å². The largest absolute Gasteiger partial charge is 0.493 e. The molecule has 2 aromatic carbocycles. The van der Waals surface area contributed by atoms with Gasteiger partial charge in [0.25, 0.3) is 5.69 Å². The van der Waals surface area contributed by atoms with E-state index < -0.39 is 23.0 Å². The van der Waals surface area contributed by atoms with E-state index in [0.29, 0.717) is 17.4 Å². The van der Waals surface area contributed by atoms with Crippen molar-refractivity contribution >= 4 is 24.0 Å². The zero-order valence-electron chi connectivity index (χ0n) is 17.8. The first-order valence-electron chi connectivity index (χ1n) is 9.86. The minimum Gasteiger partial charge on any atom is -0.493 e. The van der Waals surface area contributed by atoms with Gasteiger partial charge in [-0.25, -0.2) is 9.59 Å². The number of nitro benzene ring substituents is 1. The quantitative estimate of drug-likeness (QED) is 0.254. The Morgan fingerprint density at radius 3 is 2.67 bits per heavy atom. The number of nitrogens with zero attached hydrogens (tertiary/aromatic N) is 1. The summed E-state index contributed by atoms with van der Waals surface area (Å²) in [6.45, 7) is 1.46. The number of hydrogen-bond donors (Lipinski definition) is 2. The molecule has 11 heteroatoms. The number of nitro groups is 1. The normalized spacial score (nSPS) is 15.2. The number of nitrogens with one attached hydrogen (secondary N) is 2. The average molecular weight is 455 g/mol. The lowest BCUT2D eigenvalue weighted by Crippen LogP contribution is -2.47. The van der Waals surface area contributed by atoms with Gasteiger partial charge in [0.1, 0.15) is 12.9 Å². The molecule has 0 saturated carbocycles. The Morgan fingerprint density at radius 2 is 2.00 bits per heavy atom. The highest BCUT2D eigenvalue weighted by Crippen LogP contribution is 2.32. The predicted octanol–water partition coefficient (Wildman–Crippen LogP) is 2.67. The van der Waals surface area contributed by atoms with Gasteiger partial charge in [0.2, 0.25) is 0 Å². The van der Waals surface area contributed by atoms with Crippen molar-refractivity contribution in [1.29, 1.82) is 0 Å². The Kier molecular flexibility index (Phi) is 7.24. The van der Waals surface area contributed by atoms with Crippen LogP contribution in [0.15, 0.2) is 53.7 Å². The van der Waals surface area contributed by atoms with E-state index >= 15 is 0 Å². The van der Waals surface area contributed by atoms with Crippen molar-refractivity contribution in [1.82, 2.24) is 10.6 Å². The fourth-order valence-electron chi connectivity index (χ4n) is 3.28. The van der Waals surface area contributed by atoms with Gasteiger partial charge in [-0.3, -0.25) is 14.9 Å². The minimum atomic E-state index is -1.00. The fraction of sp³-hybridized carbons (Fsp3) is 0.227. The maximum atomic E-state index is 12.8. The number of hydrogen-bond acceptors (Lipinski definition) is 8. The third kappa shape index (κ3) is 5.26. The van der Waals surface area contributed by atoms with Crippen LogP contribution in [-0.4, -0.2) is 43.5 Å². The van der Waals surface area contributed by atoms with Crippen LogP contribution in [0.2, 0.25) is 0 Å². The Morgan fingerprint density at radius 1 is 1.21 bits per heavy atom. The molecule has 1 unspecified atom stereocenters. The van der Waals surface area contributed by atoms with Gasteiger partial charge in [-0.15, -0.1) is 0 Å². The SMILES string of the molecule is CCOC(=O)C1=C(COc2ccc(C=O)cc2OC)NC(=O)NC1c1cccc([N+](=O)[O-])c1. The van der Waals surface area contributed by atoms with Gasteiger partial charge in [-0.2, -0.15) is 0 Å². The van der Waals surface area contributed by atoms with Crippen LogP contribution >= 0.6 is 0 Å². The summed E-state index contributed by atoms with van der Waals surface area (Å²) in [5.41, 5.74) is 0.677. The van der Waals surface area contributed by atoms with Crippen molar-refractivity contribution < 1.29 is 33.5 Å². The van der Waals surface area contributed by atoms with Crippen molar-refractivity contribution in [2.45, 2.75) is 13.0 Å². The maximum Gasteiger partial charge on any atom is 0.338 e. The number of amides is 2. The van der Waals surface area contributed by atoms with E-state index in [1.807, 2.05) is 0 Å². The number of carbonyl (C=O) groups is 3. The molecular formula is C22H21N3O8. The van der Waals surface area contributed by atoms with E-state index in [9.17, 15) is 24.5 Å². The predicted molar refractivity (Wildman–Crippen MR) is 115 cm³/mol. The summed E-state index contributed by atoms with van der Waals surface area (Å²) >= 11 is 0. The van der Waals surface area contributed by atoms with E-state index in [1.54, 1.807) is 13.0 Å². The molecule has 0 aromatic heterocycles. The fourth-order valence-corrected chi connectivity index (χ4v) is 3.28. The van der Waals surface area contributed by atoms with Gasteiger partial charge in [0.15, 0.2) is 11.5 Å². The zero-order chi connectivity index (χ0) is 24.0. The second-order valence-corrected chi connectivity index (χ2v) is 6.81. The van der Waals surface area contributed by atoms with Crippen LogP contribution in [-0.2, 0) is 9.53 Å². The van der Waals surface area contributed by atoms with Crippen LogP contribution in [0.4, 0.5) is 10.5 Å². The van der Waals surface area contributed by atoms with Crippen molar-refractivity contribution in [3.05, 3.63) is 75.0 Å². The summed E-state index contributed by atoms with van der Waals surface area (Å²) < 4.78 is 16.2. The third-order valence-corrected chi connectivity index (χ3v) is 4.76. The molecule has 2 amide bonds. The molecule has 0 spiro atoms. The first kappa shape index (κ1) is 23.3. The summed E-state index contributed by atoms with van der Waals surface area (Å²) in [5.74, 6) is -0.157. The molecule has 1 heterocycles. The molecule has 2 N–H and O–H groups in total. The summed E-state index contributed by atoms with van der Waals surface area (Å²) in [7, 11) is 1.41. The second-order valence-electron chi connectivity index (χ2n) is 6.81. The van der Waals surface area contributed by atoms with E-state index in [-0.39, 0.29) is 41.7 Å².